The lowest BCUT2D eigenvalue weighted by molar-refractivity contribution is -0.140. The van der Waals surface area contributed by atoms with E-state index in [1.165, 1.54) is 0 Å². The highest BCUT2D eigenvalue weighted by molar-refractivity contribution is 5.01. The first-order chi connectivity index (χ1) is 6.11. The van der Waals surface area contributed by atoms with Crippen molar-refractivity contribution in [2.75, 3.05) is 13.1 Å². The minimum absolute atomic E-state index is 0.333. The molecule has 0 unspecified atom stereocenters. The fourth-order valence-corrected chi connectivity index (χ4v) is 2.30. The molecule has 0 aromatic heterocycles. The Morgan fingerprint density at radius 1 is 0.923 bits per heavy atom. The van der Waals surface area contributed by atoms with E-state index in [4.69, 9.17) is 0 Å². The van der Waals surface area contributed by atoms with Gasteiger partial charge >= 0.3 is 0 Å². The van der Waals surface area contributed by atoms with Crippen LogP contribution in [0.15, 0.2) is 0 Å². The maximum atomic E-state index is 9.58. The molecule has 76 valence electrons. The highest BCUT2D eigenvalue weighted by Gasteiger charge is 2.47. The molecule has 0 bridgehead atoms. The zero-order valence-electron chi connectivity index (χ0n) is 7.24. The van der Waals surface area contributed by atoms with Crippen molar-refractivity contribution in [3.05, 3.63) is 0 Å². The molecule has 2 aliphatic heterocycles. The Balaban J connectivity index is 2.15. The molecule has 2 aliphatic rings. The van der Waals surface area contributed by atoms with Gasteiger partial charge < -0.3 is 20.4 Å². The second-order valence-corrected chi connectivity index (χ2v) is 3.89. The van der Waals surface area contributed by atoms with Crippen molar-refractivity contribution in [1.82, 2.24) is 4.90 Å². The number of hydrogen-bond acceptors (Lipinski definition) is 5. The summed E-state index contributed by atoms with van der Waals surface area (Å²) in [5.41, 5.74) is 0. The monoisotopic (exact) mass is 189 g/mol. The van der Waals surface area contributed by atoms with E-state index < -0.39 is 30.5 Å². The van der Waals surface area contributed by atoms with E-state index in [1.807, 2.05) is 4.90 Å². The first-order valence-electron chi connectivity index (χ1n) is 4.57. The summed E-state index contributed by atoms with van der Waals surface area (Å²) < 4.78 is 0. The maximum Gasteiger partial charge on any atom is 0.109 e. The average Bonchev–Trinajstić information content (AvgIpc) is 2.43. The lowest BCUT2D eigenvalue weighted by Gasteiger charge is -2.40. The van der Waals surface area contributed by atoms with Crippen molar-refractivity contribution in [1.29, 1.82) is 0 Å². The van der Waals surface area contributed by atoms with Crippen LogP contribution < -0.4 is 0 Å². The summed E-state index contributed by atoms with van der Waals surface area (Å²) in [5.74, 6) is 0. The molecule has 5 heteroatoms. The SMILES string of the molecule is O[C@H]1[C@H](O)[C@@H](O)CN2CC[C@H](O)[C@H]12. The fraction of sp³-hybridized carbons (Fsp3) is 1.00. The van der Waals surface area contributed by atoms with Gasteiger partial charge in [-0.25, -0.2) is 0 Å². The minimum atomic E-state index is -1.13. The Labute approximate surface area is 76.2 Å². The smallest absolute Gasteiger partial charge is 0.109 e. The summed E-state index contributed by atoms with van der Waals surface area (Å²) in [7, 11) is 0. The van der Waals surface area contributed by atoms with Crippen LogP contribution in [-0.2, 0) is 0 Å². The van der Waals surface area contributed by atoms with Gasteiger partial charge in [-0.15, -0.1) is 0 Å². The lowest BCUT2D eigenvalue weighted by atomic mass is 9.93. The fourth-order valence-electron chi connectivity index (χ4n) is 2.30. The molecule has 2 rings (SSSR count). The van der Waals surface area contributed by atoms with Gasteiger partial charge in [0, 0.05) is 13.1 Å². The van der Waals surface area contributed by atoms with Gasteiger partial charge in [-0.05, 0) is 6.42 Å². The van der Waals surface area contributed by atoms with Crippen LogP contribution in [0.5, 0.6) is 0 Å². The van der Waals surface area contributed by atoms with Crippen molar-refractivity contribution in [2.24, 2.45) is 0 Å². The number of hydrogen-bond donors (Lipinski definition) is 4. The summed E-state index contributed by atoms with van der Waals surface area (Å²) >= 11 is 0. The molecule has 0 saturated carbocycles. The molecule has 0 radical (unpaired) electrons. The number of fused-ring (bicyclic) bond motifs is 1. The van der Waals surface area contributed by atoms with Gasteiger partial charge in [0.25, 0.3) is 0 Å². The molecule has 13 heavy (non-hydrogen) atoms. The highest BCUT2D eigenvalue weighted by atomic mass is 16.4. The molecule has 0 amide bonds. The molecular weight excluding hydrogens is 174 g/mol. The van der Waals surface area contributed by atoms with E-state index in [9.17, 15) is 20.4 Å². The van der Waals surface area contributed by atoms with Gasteiger partial charge in [-0.3, -0.25) is 4.90 Å². The van der Waals surface area contributed by atoms with Crippen molar-refractivity contribution in [2.45, 2.75) is 36.9 Å². The van der Waals surface area contributed by atoms with Crippen LogP contribution in [0.1, 0.15) is 6.42 Å². The van der Waals surface area contributed by atoms with Crippen LogP contribution in [-0.4, -0.2) is 68.9 Å². The van der Waals surface area contributed by atoms with E-state index >= 15 is 0 Å². The Hall–Kier alpha value is -0.200. The molecule has 0 aromatic carbocycles. The first kappa shape index (κ1) is 9.36. The van der Waals surface area contributed by atoms with Gasteiger partial charge in [-0.2, -0.15) is 0 Å². The molecule has 2 heterocycles. The summed E-state index contributed by atoms with van der Waals surface area (Å²) in [4.78, 5) is 1.83. The standard InChI is InChI=1S/C8H15NO4/c10-4-1-2-9-3-5(11)7(12)8(13)6(4)9/h4-8,10-13H,1-3H2/t4-,5-,6+,7+,8+/m0/s1. The third-order valence-electron chi connectivity index (χ3n) is 3.04. The first-order valence-corrected chi connectivity index (χ1v) is 4.57. The molecule has 0 spiro atoms. The molecule has 2 fully saturated rings. The highest BCUT2D eigenvalue weighted by Crippen LogP contribution is 2.27. The summed E-state index contributed by atoms with van der Waals surface area (Å²) in [6.07, 6.45) is -3.06. The lowest BCUT2D eigenvalue weighted by Crippen LogP contribution is -2.61. The van der Waals surface area contributed by atoms with Crippen molar-refractivity contribution < 1.29 is 20.4 Å². The molecule has 5 nitrogen and oxygen atoms in total. The summed E-state index contributed by atoms with van der Waals surface area (Å²) in [5, 5.41) is 37.8. The Morgan fingerprint density at radius 2 is 1.62 bits per heavy atom. The van der Waals surface area contributed by atoms with E-state index in [2.05, 4.69) is 0 Å². The third kappa shape index (κ3) is 1.37. The van der Waals surface area contributed by atoms with E-state index in [1.54, 1.807) is 0 Å². The van der Waals surface area contributed by atoms with E-state index in [-0.39, 0.29) is 0 Å². The largest absolute Gasteiger partial charge is 0.391 e. The van der Waals surface area contributed by atoms with Crippen LogP contribution in [0.2, 0.25) is 0 Å². The van der Waals surface area contributed by atoms with Gasteiger partial charge in [-0.1, -0.05) is 0 Å². The minimum Gasteiger partial charge on any atom is -0.391 e. The second-order valence-electron chi connectivity index (χ2n) is 3.89. The summed E-state index contributed by atoms with van der Waals surface area (Å²) in [6.45, 7) is 1.01. The average molecular weight is 189 g/mol. The maximum absolute atomic E-state index is 9.58. The van der Waals surface area contributed by atoms with E-state index in [0.717, 1.165) is 0 Å². The zero-order chi connectivity index (χ0) is 9.59. The quantitative estimate of drug-likeness (QED) is 0.339. The van der Waals surface area contributed by atoms with Gasteiger partial charge in [0.2, 0.25) is 0 Å². The van der Waals surface area contributed by atoms with Crippen LogP contribution in [0, 0.1) is 0 Å². The zero-order valence-corrected chi connectivity index (χ0v) is 7.24. The number of aliphatic hydroxyl groups is 4. The predicted octanol–water partition coefficient (Wildman–Crippen LogP) is -2.48. The molecule has 4 N–H and O–H groups in total. The van der Waals surface area contributed by atoms with Crippen molar-refractivity contribution in [3.8, 4) is 0 Å². The normalized spacial score (nSPS) is 52.2. The van der Waals surface area contributed by atoms with Gasteiger partial charge in [0.1, 0.15) is 12.2 Å². The molecular formula is C8H15NO4. The van der Waals surface area contributed by atoms with Crippen molar-refractivity contribution in [3.63, 3.8) is 0 Å². The number of piperidine rings is 1. The molecule has 5 atom stereocenters. The van der Waals surface area contributed by atoms with Crippen molar-refractivity contribution >= 4 is 0 Å². The van der Waals surface area contributed by atoms with Crippen LogP contribution in [0.4, 0.5) is 0 Å². The van der Waals surface area contributed by atoms with E-state index in [0.29, 0.717) is 19.5 Å². The number of aliphatic hydroxyl groups excluding tert-OH is 4. The molecule has 0 aromatic rings. The van der Waals surface area contributed by atoms with Crippen LogP contribution in [0.25, 0.3) is 0 Å². The Bertz CT molecular complexity index is 201. The third-order valence-corrected chi connectivity index (χ3v) is 3.04. The van der Waals surface area contributed by atoms with Gasteiger partial charge in [0.05, 0.1) is 18.2 Å². The topological polar surface area (TPSA) is 84.2 Å². The number of rotatable bonds is 0. The Kier molecular flexibility index (Phi) is 2.29. The molecule has 2 saturated heterocycles. The predicted molar refractivity (Wildman–Crippen MR) is 44.0 cm³/mol. The Morgan fingerprint density at radius 3 is 2.31 bits per heavy atom. The second kappa shape index (κ2) is 3.18. The van der Waals surface area contributed by atoms with Crippen LogP contribution in [0.3, 0.4) is 0 Å². The number of nitrogens with zero attached hydrogens (tertiary/aromatic N) is 1. The summed E-state index contributed by atoms with van der Waals surface area (Å²) in [6, 6.07) is -0.404. The van der Waals surface area contributed by atoms with Gasteiger partial charge in [0.15, 0.2) is 0 Å². The molecule has 0 aliphatic carbocycles. The van der Waals surface area contributed by atoms with Crippen LogP contribution >= 0.6 is 0 Å².